The summed E-state index contributed by atoms with van der Waals surface area (Å²) in [6.45, 7) is 0. The smallest absolute Gasteiger partial charge is 0.0892 e. The van der Waals surface area contributed by atoms with Crippen LogP contribution in [-0.2, 0) is 0 Å². The molecule has 2 aromatic heterocycles. The van der Waals surface area contributed by atoms with Crippen molar-refractivity contribution in [2.75, 3.05) is 0 Å². The first-order chi connectivity index (χ1) is 35.8. The van der Waals surface area contributed by atoms with Crippen molar-refractivity contribution in [3.63, 3.8) is 0 Å². The number of rotatable bonds is 11. The Balaban J connectivity index is 1.11. The van der Waals surface area contributed by atoms with Crippen molar-refractivity contribution < 1.29 is 0 Å². The fourth-order valence-corrected chi connectivity index (χ4v) is 10.4. The number of nitrogens with zero attached hydrogens (tertiary/aromatic N) is 2. The Hall–Kier alpha value is -9.50. The summed E-state index contributed by atoms with van der Waals surface area (Å²) in [5.41, 5.74) is 24.5. The number of benzene rings is 10. The summed E-state index contributed by atoms with van der Waals surface area (Å²) < 4.78 is 0. The second kappa shape index (κ2) is 19.8. The molecule has 0 amide bonds. The van der Waals surface area contributed by atoms with E-state index >= 15 is 0 Å². The predicted molar refractivity (Wildman–Crippen MR) is 302 cm³/mol. The third-order valence-electron chi connectivity index (χ3n) is 13.6. The standard InChI is InChI=1S/C70H48N2/c1-9-25-49(26-10-1)59-47-61(67(53-33-17-5-18-34-53)69(55-37-21-7-22-38-55)65(59)51-29-13-3-14-30-51)57-41-43-71-63(45-57)64-46-58(42-44-72-64)62-48-60(50-27-11-2-12-28-50)66(52-31-15-4-16-32-52)70(56-39-23-8-24-40-56)68(62)54-35-19-6-20-36-54/h1-48H. The zero-order valence-electron chi connectivity index (χ0n) is 39.6. The van der Waals surface area contributed by atoms with Crippen molar-refractivity contribution in [1.29, 1.82) is 0 Å². The van der Waals surface area contributed by atoms with Crippen LogP contribution < -0.4 is 0 Å². The fraction of sp³-hybridized carbons (Fsp3) is 0. The minimum absolute atomic E-state index is 0.789. The lowest BCUT2D eigenvalue weighted by molar-refractivity contribution is 1.25. The molecule has 10 aromatic carbocycles. The molecule has 12 aromatic rings. The van der Waals surface area contributed by atoms with Crippen molar-refractivity contribution >= 4 is 0 Å². The molecule has 0 spiro atoms. The first-order valence-corrected chi connectivity index (χ1v) is 24.6. The average Bonchev–Trinajstić information content (AvgIpc) is 3.48. The molecule has 338 valence electrons. The molecule has 0 atom stereocenters. The van der Waals surface area contributed by atoms with Crippen LogP contribution in [0.2, 0.25) is 0 Å². The fourth-order valence-electron chi connectivity index (χ4n) is 10.4. The molecule has 0 bridgehead atoms. The summed E-state index contributed by atoms with van der Waals surface area (Å²) in [5, 5.41) is 0. The van der Waals surface area contributed by atoms with Gasteiger partial charge in [-0.25, -0.2) is 0 Å². The van der Waals surface area contributed by atoms with Crippen molar-refractivity contribution in [1.82, 2.24) is 9.97 Å². The lowest BCUT2D eigenvalue weighted by atomic mass is 9.78. The number of aromatic nitrogens is 2. The van der Waals surface area contributed by atoms with Crippen LogP contribution in [0.15, 0.2) is 291 Å². The molecule has 0 aliphatic heterocycles. The summed E-state index contributed by atoms with van der Waals surface area (Å²) in [5.74, 6) is 0. The number of hydrogen-bond acceptors (Lipinski definition) is 2. The first kappa shape index (κ1) is 43.8. The lowest BCUT2D eigenvalue weighted by Gasteiger charge is -2.25. The lowest BCUT2D eigenvalue weighted by Crippen LogP contribution is -1.99. The molecular formula is C70H48N2. The topological polar surface area (TPSA) is 25.8 Å². The van der Waals surface area contributed by atoms with Gasteiger partial charge in [-0.05, 0) is 148 Å². The van der Waals surface area contributed by atoms with E-state index in [0.29, 0.717) is 0 Å². The Bertz CT molecular complexity index is 3530. The van der Waals surface area contributed by atoms with Crippen LogP contribution >= 0.6 is 0 Å². The average molecular weight is 917 g/mol. The highest BCUT2D eigenvalue weighted by Gasteiger charge is 2.26. The molecule has 2 heterocycles. The molecule has 0 saturated carbocycles. The molecule has 0 aliphatic rings. The molecule has 0 saturated heterocycles. The van der Waals surface area contributed by atoms with Crippen LogP contribution in [-0.4, -0.2) is 9.97 Å². The van der Waals surface area contributed by atoms with Crippen LogP contribution in [0.3, 0.4) is 0 Å². The van der Waals surface area contributed by atoms with Gasteiger partial charge in [-0.3, -0.25) is 9.97 Å². The Morgan fingerprint density at radius 3 is 0.625 bits per heavy atom. The predicted octanol–water partition coefficient (Wildman–Crippen LogP) is 18.8. The van der Waals surface area contributed by atoms with Gasteiger partial charge in [-0.2, -0.15) is 0 Å². The Labute approximate surface area is 421 Å². The van der Waals surface area contributed by atoms with E-state index in [1.807, 2.05) is 12.4 Å². The minimum Gasteiger partial charge on any atom is -0.255 e. The van der Waals surface area contributed by atoms with Crippen LogP contribution in [0.1, 0.15) is 0 Å². The number of pyridine rings is 2. The van der Waals surface area contributed by atoms with E-state index in [4.69, 9.17) is 9.97 Å². The van der Waals surface area contributed by atoms with E-state index in [-0.39, 0.29) is 0 Å². The maximum absolute atomic E-state index is 5.10. The molecule has 12 rings (SSSR count). The van der Waals surface area contributed by atoms with Gasteiger partial charge in [0.05, 0.1) is 11.4 Å². The molecule has 0 N–H and O–H groups in total. The van der Waals surface area contributed by atoms with Crippen LogP contribution in [0.25, 0.3) is 123 Å². The largest absolute Gasteiger partial charge is 0.255 e. The zero-order chi connectivity index (χ0) is 48.1. The Morgan fingerprint density at radius 2 is 0.375 bits per heavy atom. The summed E-state index contributed by atoms with van der Waals surface area (Å²) in [7, 11) is 0. The first-order valence-electron chi connectivity index (χ1n) is 24.6. The van der Waals surface area contributed by atoms with Crippen molar-refractivity contribution in [2.24, 2.45) is 0 Å². The van der Waals surface area contributed by atoms with Crippen molar-refractivity contribution in [2.45, 2.75) is 0 Å². The van der Waals surface area contributed by atoms with Gasteiger partial charge < -0.3 is 0 Å². The highest BCUT2D eigenvalue weighted by molar-refractivity contribution is 6.09. The van der Waals surface area contributed by atoms with Gasteiger partial charge in [0.1, 0.15) is 0 Å². The highest BCUT2D eigenvalue weighted by atomic mass is 14.8. The molecule has 2 heteroatoms. The van der Waals surface area contributed by atoms with E-state index in [1.165, 1.54) is 22.3 Å². The minimum atomic E-state index is 0.789. The van der Waals surface area contributed by atoms with Gasteiger partial charge in [0.25, 0.3) is 0 Å². The van der Waals surface area contributed by atoms with Gasteiger partial charge in [0, 0.05) is 12.4 Å². The van der Waals surface area contributed by atoms with Crippen LogP contribution in [0, 0.1) is 0 Å². The molecule has 0 unspecified atom stereocenters. The molecule has 2 nitrogen and oxygen atoms in total. The van der Waals surface area contributed by atoms with Gasteiger partial charge in [-0.15, -0.1) is 0 Å². The second-order valence-corrected chi connectivity index (χ2v) is 18.0. The summed E-state index contributed by atoms with van der Waals surface area (Å²) in [4.78, 5) is 10.2. The van der Waals surface area contributed by atoms with Gasteiger partial charge in [-0.1, -0.05) is 243 Å². The molecule has 0 aliphatic carbocycles. The monoisotopic (exact) mass is 916 g/mol. The zero-order valence-corrected chi connectivity index (χ0v) is 39.6. The van der Waals surface area contributed by atoms with Crippen molar-refractivity contribution in [3.8, 4) is 123 Å². The summed E-state index contributed by atoms with van der Waals surface area (Å²) in [6, 6.07) is 100. The van der Waals surface area contributed by atoms with Gasteiger partial charge >= 0.3 is 0 Å². The van der Waals surface area contributed by atoms with Gasteiger partial charge in [0.15, 0.2) is 0 Å². The Morgan fingerprint density at radius 1 is 0.167 bits per heavy atom. The molecule has 72 heavy (non-hydrogen) atoms. The SMILES string of the molecule is c1ccc(-c2cc(-c3ccnc(-c4cc(-c5cc(-c6ccccc6)c(-c6ccccc6)c(-c6ccccc6)c5-c5ccccc5)ccn4)c3)c(-c3ccccc3)c(-c3ccccc3)c2-c2ccccc2)cc1. The van der Waals surface area contributed by atoms with E-state index in [2.05, 4.69) is 279 Å². The quantitative estimate of drug-likeness (QED) is 0.129. The highest BCUT2D eigenvalue weighted by Crippen LogP contribution is 2.52. The van der Waals surface area contributed by atoms with E-state index in [9.17, 15) is 0 Å². The van der Waals surface area contributed by atoms with Crippen molar-refractivity contribution in [3.05, 3.63) is 291 Å². The van der Waals surface area contributed by atoms with Crippen LogP contribution in [0.5, 0.6) is 0 Å². The normalized spacial score (nSPS) is 11.1. The van der Waals surface area contributed by atoms with E-state index in [1.54, 1.807) is 0 Å². The van der Waals surface area contributed by atoms with Crippen LogP contribution in [0.4, 0.5) is 0 Å². The maximum Gasteiger partial charge on any atom is 0.0892 e. The molecular weight excluding hydrogens is 869 g/mol. The Kier molecular flexibility index (Phi) is 12.1. The van der Waals surface area contributed by atoms with Gasteiger partial charge in [0.2, 0.25) is 0 Å². The second-order valence-electron chi connectivity index (χ2n) is 18.0. The maximum atomic E-state index is 5.10. The summed E-state index contributed by atoms with van der Waals surface area (Å²) in [6.07, 6.45) is 3.88. The third-order valence-corrected chi connectivity index (χ3v) is 13.6. The van der Waals surface area contributed by atoms with E-state index < -0.39 is 0 Å². The molecule has 0 radical (unpaired) electrons. The third kappa shape index (κ3) is 8.53. The van der Waals surface area contributed by atoms with E-state index in [0.717, 1.165) is 100 Å². The number of hydrogen-bond donors (Lipinski definition) is 0. The summed E-state index contributed by atoms with van der Waals surface area (Å²) >= 11 is 0. The molecule has 0 fully saturated rings.